The Morgan fingerprint density at radius 2 is 2.08 bits per heavy atom. The fourth-order valence-corrected chi connectivity index (χ4v) is 3.99. The third kappa shape index (κ3) is 3.50. The Balaban J connectivity index is 2.08. The van der Waals surface area contributed by atoms with Gasteiger partial charge in [-0.05, 0) is 44.0 Å². The van der Waals surface area contributed by atoms with Crippen LogP contribution in [0, 0.1) is 13.8 Å². The van der Waals surface area contributed by atoms with Crippen molar-refractivity contribution in [2.75, 3.05) is 25.5 Å². The van der Waals surface area contributed by atoms with Gasteiger partial charge in [-0.2, -0.15) is 0 Å². The predicted octanol–water partition coefficient (Wildman–Crippen LogP) is 3.60. The number of nitrogens with two attached hydrogens (primary N) is 1. The Hall–Kier alpha value is -2.25. The van der Waals surface area contributed by atoms with Crippen LogP contribution in [0.1, 0.15) is 18.1 Å². The van der Waals surface area contributed by atoms with Crippen molar-refractivity contribution in [2.24, 2.45) is 5.73 Å². The quantitative estimate of drug-likeness (QED) is 0.661. The van der Waals surface area contributed by atoms with Crippen LogP contribution in [-0.2, 0) is 6.54 Å². The lowest BCUT2D eigenvalue weighted by molar-refractivity contribution is 0.337. The number of pyridine rings is 1. The van der Waals surface area contributed by atoms with Crippen LogP contribution in [0.15, 0.2) is 34.4 Å². The average molecular weight is 372 g/mol. The summed E-state index contributed by atoms with van der Waals surface area (Å²) >= 11 is 1.64. The number of hydrogen-bond acceptors (Lipinski definition) is 6. The van der Waals surface area contributed by atoms with Gasteiger partial charge in [0.2, 0.25) is 0 Å². The van der Waals surface area contributed by atoms with E-state index in [1.807, 2.05) is 20.0 Å². The second-order valence-electron chi connectivity index (χ2n) is 6.03. The first-order valence-corrected chi connectivity index (χ1v) is 9.55. The van der Waals surface area contributed by atoms with Crippen LogP contribution >= 0.6 is 11.8 Å². The van der Waals surface area contributed by atoms with Gasteiger partial charge in [-0.25, -0.2) is 9.97 Å². The molecule has 3 N–H and O–H groups in total. The summed E-state index contributed by atoms with van der Waals surface area (Å²) in [6, 6.07) is 6.24. The number of benzene rings is 1. The molecule has 0 spiro atoms. The Kier molecular flexibility index (Phi) is 5.68. The van der Waals surface area contributed by atoms with Crippen LogP contribution in [0.3, 0.4) is 0 Å². The van der Waals surface area contributed by atoms with Gasteiger partial charge in [-0.1, -0.05) is 17.8 Å². The summed E-state index contributed by atoms with van der Waals surface area (Å²) in [5.41, 5.74) is 10.1. The van der Waals surface area contributed by atoms with E-state index in [1.54, 1.807) is 18.0 Å². The van der Waals surface area contributed by atoms with E-state index in [9.17, 15) is 0 Å². The van der Waals surface area contributed by atoms with Crippen molar-refractivity contribution in [1.82, 2.24) is 14.5 Å². The van der Waals surface area contributed by atoms with E-state index in [-0.39, 0.29) is 0 Å². The molecule has 0 amide bonds. The first-order chi connectivity index (χ1) is 12.6. The highest BCUT2D eigenvalue weighted by Crippen LogP contribution is 2.36. The van der Waals surface area contributed by atoms with Gasteiger partial charge in [-0.3, -0.25) is 0 Å². The van der Waals surface area contributed by atoms with Crippen molar-refractivity contribution in [3.63, 3.8) is 0 Å². The molecule has 0 fully saturated rings. The number of nitrogens with one attached hydrogen (secondary N) is 1. The SMILES string of the molecule is CCOc1cc(Sc2nc3c(NC)nccc3n2CCN)c(C)cc1C. The van der Waals surface area contributed by atoms with E-state index >= 15 is 0 Å². The van der Waals surface area contributed by atoms with Crippen LogP contribution in [-0.4, -0.2) is 34.7 Å². The van der Waals surface area contributed by atoms with Gasteiger partial charge >= 0.3 is 0 Å². The fraction of sp³-hybridized carbons (Fsp3) is 0.368. The lowest BCUT2D eigenvalue weighted by atomic mass is 10.1. The summed E-state index contributed by atoms with van der Waals surface area (Å²) < 4.78 is 7.92. The molecule has 0 aliphatic carbocycles. The molecule has 0 bridgehead atoms. The summed E-state index contributed by atoms with van der Waals surface area (Å²) in [5, 5.41) is 4.02. The van der Waals surface area contributed by atoms with Gasteiger partial charge in [0, 0.05) is 31.2 Å². The number of ether oxygens (including phenoxy) is 1. The Morgan fingerprint density at radius 1 is 1.27 bits per heavy atom. The van der Waals surface area contributed by atoms with E-state index < -0.39 is 0 Å². The van der Waals surface area contributed by atoms with E-state index in [0.717, 1.165) is 38.2 Å². The molecule has 1 aromatic carbocycles. The van der Waals surface area contributed by atoms with Gasteiger partial charge in [0.05, 0.1) is 12.1 Å². The van der Waals surface area contributed by atoms with Crippen LogP contribution in [0.25, 0.3) is 11.0 Å². The van der Waals surface area contributed by atoms with Crippen molar-refractivity contribution < 1.29 is 4.74 Å². The molecule has 3 aromatic rings. The number of fused-ring (bicyclic) bond motifs is 1. The molecule has 0 aliphatic rings. The molecule has 0 saturated carbocycles. The van der Waals surface area contributed by atoms with Gasteiger partial charge < -0.3 is 20.4 Å². The topological polar surface area (TPSA) is 78.0 Å². The lowest BCUT2D eigenvalue weighted by Gasteiger charge is -2.13. The van der Waals surface area contributed by atoms with E-state index in [0.29, 0.717) is 19.7 Å². The Morgan fingerprint density at radius 3 is 2.77 bits per heavy atom. The highest BCUT2D eigenvalue weighted by Gasteiger charge is 2.16. The molecule has 0 atom stereocenters. The molecule has 2 heterocycles. The first-order valence-electron chi connectivity index (χ1n) is 8.74. The van der Waals surface area contributed by atoms with Crippen molar-refractivity contribution >= 4 is 28.6 Å². The van der Waals surface area contributed by atoms with Gasteiger partial charge in [-0.15, -0.1) is 0 Å². The molecule has 3 rings (SSSR count). The lowest BCUT2D eigenvalue weighted by Crippen LogP contribution is -2.10. The smallest absolute Gasteiger partial charge is 0.174 e. The molecule has 2 aromatic heterocycles. The minimum absolute atomic E-state index is 0.549. The molecular formula is C19H25N5OS. The zero-order valence-electron chi connectivity index (χ0n) is 15.7. The van der Waals surface area contributed by atoms with Crippen LogP contribution in [0.2, 0.25) is 0 Å². The molecular weight excluding hydrogens is 346 g/mol. The maximum absolute atomic E-state index is 5.85. The molecule has 0 aliphatic heterocycles. The largest absolute Gasteiger partial charge is 0.494 e. The van der Waals surface area contributed by atoms with Crippen molar-refractivity contribution in [3.8, 4) is 5.75 Å². The number of aromatic nitrogens is 3. The molecule has 0 radical (unpaired) electrons. The molecule has 0 saturated heterocycles. The first kappa shape index (κ1) is 18.5. The molecule has 6 nitrogen and oxygen atoms in total. The zero-order valence-corrected chi connectivity index (χ0v) is 16.5. The standard InChI is InChI=1S/C19H25N5OS/c1-5-25-15-11-16(13(3)10-12(15)2)26-19-23-17-14(24(19)9-7-20)6-8-22-18(17)21-4/h6,8,10-11H,5,7,9,20H2,1-4H3,(H,21,22). The molecule has 138 valence electrons. The number of anilines is 1. The van der Waals surface area contributed by atoms with E-state index in [1.165, 1.54) is 5.56 Å². The highest BCUT2D eigenvalue weighted by atomic mass is 32.2. The summed E-state index contributed by atoms with van der Waals surface area (Å²) in [7, 11) is 1.86. The normalized spacial score (nSPS) is 11.1. The van der Waals surface area contributed by atoms with Crippen LogP contribution in [0.5, 0.6) is 5.75 Å². The monoisotopic (exact) mass is 371 g/mol. The maximum atomic E-state index is 5.85. The third-order valence-electron chi connectivity index (χ3n) is 4.20. The van der Waals surface area contributed by atoms with Crippen molar-refractivity contribution in [3.05, 3.63) is 35.5 Å². The summed E-state index contributed by atoms with van der Waals surface area (Å²) in [6.07, 6.45) is 1.79. The van der Waals surface area contributed by atoms with Gasteiger partial charge in [0.1, 0.15) is 11.3 Å². The second kappa shape index (κ2) is 7.97. The van der Waals surface area contributed by atoms with Crippen molar-refractivity contribution in [2.45, 2.75) is 37.4 Å². The summed E-state index contributed by atoms with van der Waals surface area (Å²) in [4.78, 5) is 10.3. The fourth-order valence-electron chi connectivity index (χ4n) is 2.97. The molecule has 0 unspecified atom stereocenters. The van der Waals surface area contributed by atoms with E-state index in [2.05, 4.69) is 40.8 Å². The molecule has 26 heavy (non-hydrogen) atoms. The third-order valence-corrected chi connectivity index (χ3v) is 5.35. The second-order valence-corrected chi connectivity index (χ2v) is 7.04. The minimum atomic E-state index is 0.549. The average Bonchev–Trinajstić information content (AvgIpc) is 2.97. The van der Waals surface area contributed by atoms with Gasteiger partial charge in [0.25, 0.3) is 0 Å². The van der Waals surface area contributed by atoms with Crippen molar-refractivity contribution in [1.29, 1.82) is 0 Å². The zero-order chi connectivity index (χ0) is 18.7. The minimum Gasteiger partial charge on any atom is -0.494 e. The summed E-state index contributed by atoms with van der Waals surface area (Å²) in [6.45, 7) is 8.08. The number of imidazole rings is 1. The Bertz CT molecular complexity index is 922. The number of nitrogens with zero attached hydrogens (tertiary/aromatic N) is 3. The number of hydrogen-bond donors (Lipinski definition) is 2. The molecule has 7 heteroatoms. The van der Waals surface area contributed by atoms with Gasteiger partial charge in [0.15, 0.2) is 11.0 Å². The Labute approximate surface area is 158 Å². The van der Waals surface area contributed by atoms with E-state index in [4.69, 9.17) is 15.5 Å². The van der Waals surface area contributed by atoms with Crippen LogP contribution in [0.4, 0.5) is 5.82 Å². The van der Waals surface area contributed by atoms with Crippen LogP contribution < -0.4 is 15.8 Å². The number of aryl methyl sites for hydroxylation is 2. The summed E-state index contributed by atoms with van der Waals surface area (Å²) in [5.74, 6) is 1.69. The predicted molar refractivity (Wildman–Crippen MR) is 107 cm³/mol. The number of rotatable bonds is 7. The maximum Gasteiger partial charge on any atom is 0.174 e. The highest BCUT2D eigenvalue weighted by molar-refractivity contribution is 7.99.